The molecule has 2 heterocycles. The number of hydrogen-bond acceptors (Lipinski definition) is 7. The monoisotopic (exact) mass is 605 g/mol. The highest BCUT2D eigenvalue weighted by molar-refractivity contribution is 7.84. The maximum Gasteiger partial charge on any atom is 0.269 e. The Morgan fingerprint density at radius 3 is 2.44 bits per heavy atom. The van der Waals surface area contributed by atoms with Crippen molar-refractivity contribution in [3.8, 4) is 34.6 Å². The van der Waals surface area contributed by atoms with Crippen molar-refractivity contribution < 1.29 is 28.3 Å². The number of amides is 1. The van der Waals surface area contributed by atoms with Crippen LogP contribution >= 0.6 is 0 Å². The molecule has 0 bridgehead atoms. The van der Waals surface area contributed by atoms with E-state index in [1.165, 1.54) is 0 Å². The number of carbonyl (C=O) groups excluding carboxylic acids is 1. The number of aliphatic hydroxyl groups excluding tert-OH is 1. The van der Waals surface area contributed by atoms with Crippen LogP contribution in [0.5, 0.6) is 11.5 Å². The summed E-state index contributed by atoms with van der Waals surface area (Å²) in [5.74, 6) is 7.30. The molecule has 228 valence electrons. The minimum Gasteiger partial charge on any atom is -0.493 e. The van der Waals surface area contributed by atoms with Crippen LogP contribution in [0.2, 0.25) is 0 Å². The molecule has 43 heavy (non-hydrogen) atoms. The van der Waals surface area contributed by atoms with E-state index in [9.17, 15) is 14.1 Å². The molecule has 0 fully saturated rings. The number of pyridine rings is 1. The molecule has 2 N–H and O–H groups in total. The molecule has 2 aromatic carbocycles. The third-order valence-corrected chi connectivity index (χ3v) is 8.84. The Morgan fingerprint density at radius 1 is 1.07 bits per heavy atom. The summed E-state index contributed by atoms with van der Waals surface area (Å²) in [4.78, 5) is 18.0. The Balaban J connectivity index is 1.80. The van der Waals surface area contributed by atoms with Gasteiger partial charge < -0.3 is 24.6 Å². The van der Waals surface area contributed by atoms with Crippen molar-refractivity contribution in [3.05, 3.63) is 76.5 Å². The first-order valence-electron chi connectivity index (χ1n) is 14.1. The van der Waals surface area contributed by atoms with Crippen LogP contribution in [-0.2, 0) is 22.3 Å². The zero-order valence-electron chi connectivity index (χ0n) is 25.5. The lowest BCUT2D eigenvalue weighted by Gasteiger charge is -2.30. The van der Waals surface area contributed by atoms with Gasteiger partial charge in [0.1, 0.15) is 16.7 Å². The summed E-state index contributed by atoms with van der Waals surface area (Å²) < 4.78 is 30.8. The third-order valence-electron chi connectivity index (χ3n) is 6.99. The number of hydrogen-bond donors (Lipinski definition) is 2. The first-order chi connectivity index (χ1) is 20.6. The number of aliphatic hydroxyl groups is 1. The number of ether oxygens (including phenoxy) is 3. The fourth-order valence-corrected chi connectivity index (χ4v) is 6.37. The molecule has 0 saturated heterocycles. The van der Waals surface area contributed by atoms with Crippen LogP contribution in [-0.4, -0.2) is 70.3 Å². The predicted molar refractivity (Wildman–Crippen MR) is 167 cm³/mol. The number of nitrogens with zero attached hydrogens (tertiary/aromatic N) is 2. The largest absolute Gasteiger partial charge is 0.493 e. The lowest BCUT2D eigenvalue weighted by molar-refractivity contribution is 0.0932. The highest BCUT2D eigenvalue weighted by Gasteiger charge is 2.40. The molecule has 3 aromatic rings. The smallest absolute Gasteiger partial charge is 0.269 e. The average Bonchev–Trinajstić information content (AvgIpc) is 3.36. The number of aromatic nitrogens is 1. The second kappa shape index (κ2) is 14.1. The molecule has 0 radical (unpaired) electrons. The van der Waals surface area contributed by atoms with E-state index in [2.05, 4.69) is 17.2 Å². The fourth-order valence-electron chi connectivity index (χ4n) is 4.97. The van der Waals surface area contributed by atoms with Gasteiger partial charge in [-0.15, -0.1) is 0 Å². The lowest BCUT2D eigenvalue weighted by Crippen LogP contribution is -2.36. The molecule has 0 unspecified atom stereocenters. The Bertz CT molecular complexity index is 1560. The minimum atomic E-state index is -1.36. The summed E-state index contributed by atoms with van der Waals surface area (Å²) in [5.41, 5.74) is 4.89. The zero-order chi connectivity index (χ0) is 31.1. The fraction of sp³-hybridized carbons (Fsp3) is 0.394. The summed E-state index contributed by atoms with van der Waals surface area (Å²) in [6.07, 6.45) is 0.377. The minimum absolute atomic E-state index is 0.0858. The SMILES string of the molecule is COCCNC(=O)c1cc2c(c(-c3cccc(C#Cc4ccc(OC)c(OC)c4)c3)n1)[C@@H](CCO)N([S@](=O)C(C)(C)C)C2. The van der Waals surface area contributed by atoms with Crippen LogP contribution in [0.4, 0.5) is 0 Å². The summed E-state index contributed by atoms with van der Waals surface area (Å²) in [5, 5.41) is 12.9. The Hall–Kier alpha value is -3.75. The maximum atomic E-state index is 13.6. The van der Waals surface area contributed by atoms with Gasteiger partial charge in [0, 0.05) is 49.1 Å². The van der Waals surface area contributed by atoms with E-state index in [0.29, 0.717) is 43.3 Å². The molecular weight excluding hydrogens is 566 g/mol. The quantitative estimate of drug-likeness (QED) is 0.263. The van der Waals surface area contributed by atoms with Crippen molar-refractivity contribution in [2.24, 2.45) is 0 Å². The van der Waals surface area contributed by atoms with Crippen LogP contribution in [0.1, 0.15) is 66.0 Å². The number of methoxy groups -OCH3 is 3. The lowest BCUT2D eigenvalue weighted by atomic mass is 9.95. The van der Waals surface area contributed by atoms with Gasteiger partial charge in [0.15, 0.2) is 11.5 Å². The van der Waals surface area contributed by atoms with Crippen molar-refractivity contribution >= 4 is 16.9 Å². The van der Waals surface area contributed by atoms with Gasteiger partial charge in [-0.1, -0.05) is 24.0 Å². The van der Waals surface area contributed by atoms with E-state index in [-0.39, 0.29) is 24.2 Å². The molecule has 9 nitrogen and oxygen atoms in total. The van der Waals surface area contributed by atoms with E-state index in [4.69, 9.17) is 19.2 Å². The van der Waals surface area contributed by atoms with Crippen LogP contribution in [0, 0.1) is 11.8 Å². The molecule has 4 rings (SSSR count). The first kappa shape index (κ1) is 32.2. The summed E-state index contributed by atoms with van der Waals surface area (Å²) >= 11 is 0. The normalized spacial score (nSPS) is 15.3. The van der Waals surface area contributed by atoms with E-state index < -0.39 is 15.7 Å². The van der Waals surface area contributed by atoms with E-state index in [0.717, 1.165) is 27.8 Å². The van der Waals surface area contributed by atoms with Gasteiger partial charge in [-0.2, -0.15) is 0 Å². The molecule has 1 aliphatic heterocycles. The topological polar surface area (TPSA) is 110 Å². The van der Waals surface area contributed by atoms with Gasteiger partial charge in [-0.3, -0.25) is 4.79 Å². The van der Waals surface area contributed by atoms with Gasteiger partial charge >= 0.3 is 0 Å². The molecule has 1 aromatic heterocycles. The highest BCUT2D eigenvalue weighted by atomic mass is 32.2. The summed E-state index contributed by atoms with van der Waals surface area (Å²) in [6.45, 7) is 6.79. The predicted octanol–water partition coefficient (Wildman–Crippen LogP) is 4.24. The zero-order valence-corrected chi connectivity index (χ0v) is 26.3. The van der Waals surface area contributed by atoms with Gasteiger partial charge in [0.05, 0.1) is 37.3 Å². The number of fused-ring (bicyclic) bond motifs is 1. The van der Waals surface area contributed by atoms with Crippen molar-refractivity contribution in [3.63, 3.8) is 0 Å². The maximum absolute atomic E-state index is 13.6. The summed E-state index contributed by atoms with van der Waals surface area (Å²) in [7, 11) is 3.38. The van der Waals surface area contributed by atoms with E-state index in [1.54, 1.807) is 27.4 Å². The van der Waals surface area contributed by atoms with Crippen molar-refractivity contribution in [1.29, 1.82) is 0 Å². The molecule has 2 atom stereocenters. The number of rotatable bonds is 10. The van der Waals surface area contributed by atoms with Crippen molar-refractivity contribution in [1.82, 2.24) is 14.6 Å². The molecule has 0 spiro atoms. The van der Waals surface area contributed by atoms with Crippen LogP contribution in [0.15, 0.2) is 48.5 Å². The molecule has 0 aliphatic carbocycles. The molecule has 10 heteroatoms. The van der Waals surface area contributed by atoms with Gasteiger partial charge in [-0.25, -0.2) is 13.5 Å². The standard InChI is InChI=1S/C33H39N3O6S/c1-33(2,3)43(39)36-21-25-20-26(32(38)34-15-17-40-4)35-31(30(25)27(36)14-16-37)24-9-7-8-22(18-24)10-11-23-12-13-28(41-5)29(19-23)42-6/h7-9,12-13,18-20,27,37H,14-17,21H2,1-6H3,(H,34,38)/t27-,43-/m1/s1. The third kappa shape index (κ3) is 7.43. The molecular formula is C33H39N3O6S. The van der Waals surface area contributed by atoms with Gasteiger partial charge in [0.25, 0.3) is 5.91 Å². The Kier molecular flexibility index (Phi) is 10.6. The van der Waals surface area contributed by atoms with Crippen LogP contribution in [0.3, 0.4) is 0 Å². The average molecular weight is 606 g/mol. The second-order valence-electron chi connectivity index (χ2n) is 11.0. The number of benzene rings is 2. The van der Waals surface area contributed by atoms with Crippen molar-refractivity contribution in [2.75, 3.05) is 41.1 Å². The van der Waals surface area contributed by atoms with Gasteiger partial charge in [-0.05, 0) is 69.2 Å². The Labute approximate surface area is 256 Å². The van der Waals surface area contributed by atoms with Gasteiger partial charge in [0.2, 0.25) is 0 Å². The summed E-state index contributed by atoms with van der Waals surface area (Å²) in [6, 6.07) is 14.6. The number of carbonyl (C=O) groups is 1. The van der Waals surface area contributed by atoms with Crippen LogP contribution < -0.4 is 14.8 Å². The molecule has 0 saturated carbocycles. The Morgan fingerprint density at radius 2 is 1.79 bits per heavy atom. The van der Waals surface area contributed by atoms with Crippen LogP contribution in [0.25, 0.3) is 11.3 Å². The molecule has 1 amide bonds. The van der Waals surface area contributed by atoms with Crippen molar-refractivity contribution in [2.45, 2.75) is 44.5 Å². The second-order valence-corrected chi connectivity index (χ2v) is 13.2. The van der Waals surface area contributed by atoms with E-state index >= 15 is 0 Å². The first-order valence-corrected chi connectivity index (χ1v) is 15.2. The molecule has 1 aliphatic rings. The van der Waals surface area contributed by atoms with E-state index in [1.807, 2.05) is 67.5 Å². The highest BCUT2D eigenvalue weighted by Crippen LogP contribution is 2.44. The number of nitrogens with one attached hydrogen (secondary N) is 1.